The molecule has 0 radical (unpaired) electrons. The van der Waals surface area contributed by atoms with Gasteiger partial charge in [0.2, 0.25) is 0 Å². The van der Waals surface area contributed by atoms with Crippen LogP contribution in [0, 0.1) is 0 Å². The van der Waals surface area contributed by atoms with Crippen molar-refractivity contribution in [2.75, 3.05) is 32.3 Å². The first-order valence-corrected chi connectivity index (χ1v) is 7.62. The molecule has 1 N–H and O–H groups in total. The smallest absolute Gasteiger partial charge is 0.261 e. The largest absolute Gasteiger partial charge is 0.375 e. The van der Waals surface area contributed by atoms with Crippen LogP contribution in [0.4, 0.5) is 8.78 Å². The van der Waals surface area contributed by atoms with Crippen molar-refractivity contribution in [1.82, 2.24) is 5.32 Å². The molecule has 1 unspecified atom stereocenters. The Bertz CT molecular complexity index is 283. The van der Waals surface area contributed by atoms with Gasteiger partial charge in [0.05, 0.1) is 0 Å². The summed E-state index contributed by atoms with van der Waals surface area (Å²) in [5, 5.41) is 3.01. The Morgan fingerprint density at radius 1 is 1.29 bits per heavy atom. The summed E-state index contributed by atoms with van der Waals surface area (Å²) in [6, 6.07) is 0.106. The molecule has 0 aliphatic carbocycles. The maximum absolute atomic E-state index is 11.8. The number of nitrogens with one attached hydrogen (secondary N) is 1. The molecule has 0 aromatic heterocycles. The lowest BCUT2D eigenvalue weighted by Gasteiger charge is -2.15. The second-order valence-corrected chi connectivity index (χ2v) is 6.27. The van der Waals surface area contributed by atoms with Crippen molar-refractivity contribution in [3.8, 4) is 0 Å². The van der Waals surface area contributed by atoms with Crippen LogP contribution >= 0.6 is 0 Å². The molecule has 0 saturated carbocycles. The number of hydrogen-bond donors (Lipinski definition) is 1. The van der Waals surface area contributed by atoms with Gasteiger partial charge >= 0.3 is 0 Å². The second-order valence-electron chi connectivity index (χ2n) is 4.01. The zero-order valence-electron chi connectivity index (χ0n) is 10.3. The van der Waals surface area contributed by atoms with E-state index in [1.807, 2.05) is 0 Å². The van der Waals surface area contributed by atoms with Crippen LogP contribution in [0.1, 0.15) is 19.3 Å². The Morgan fingerprint density at radius 3 is 2.41 bits per heavy atom. The van der Waals surface area contributed by atoms with Crippen LogP contribution < -0.4 is 5.32 Å². The Morgan fingerprint density at radius 2 is 1.94 bits per heavy atom. The highest BCUT2D eigenvalue weighted by atomic mass is 32.2. The molecule has 0 aromatic carbocycles. The minimum atomic E-state index is -2.92. The predicted octanol–water partition coefficient (Wildman–Crippen LogP) is 1.07. The lowest BCUT2D eigenvalue weighted by Crippen LogP contribution is -2.27. The number of hydrogen-bond acceptors (Lipinski definition) is 4. The molecule has 0 spiro atoms. The molecule has 7 heteroatoms. The number of rotatable bonds is 10. The summed E-state index contributed by atoms with van der Waals surface area (Å²) in [5.74, 6) is 0.156. The minimum absolute atomic E-state index is 0.106. The van der Waals surface area contributed by atoms with E-state index in [2.05, 4.69) is 5.32 Å². The highest BCUT2D eigenvalue weighted by molar-refractivity contribution is 7.90. The van der Waals surface area contributed by atoms with Gasteiger partial charge in [-0.05, 0) is 26.3 Å². The van der Waals surface area contributed by atoms with Gasteiger partial charge in [0.1, 0.15) is 16.4 Å². The Labute approximate surface area is 102 Å². The summed E-state index contributed by atoms with van der Waals surface area (Å²) in [6.07, 6.45) is 0.634. The second kappa shape index (κ2) is 8.77. The molecule has 0 aliphatic heterocycles. The van der Waals surface area contributed by atoms with Gasteiger partial charge < -0.3 is 10.1 Å². The number of sulfone groups is 1. The van der Waals surface area contributed by atoms with E-state index in [1.54, 1.807) is 7.05 Å². The van der Waals surface area contributed by atoms with Crippen LogP contribution in [0.2, 0.25) is 0 Å². The number of halogens is 2. The van der Waals surface area contributed by atoms with Crippen molar-refractivity contribution < 1.29 is 21.9 Å². The highest BCUT2D eigenvalue weighted by Crippen LogP contribution is 2.04. The third kappa shape index (κ3) is 12.0. The lowest BCUT2D eigenvalue weighted by molar-refractivity contribution is 0.0144. The molecule has 0 aliphatic rings. The summed E-state index contributed by atoms with van der Waals surface area (Å²) in [6.45, 7) is -0.283. The van der Waals surface area contributed by atoms with Gasteiger partial charge in [0.15, 0.2) is 0 Å². The Hall–Kier alpha value is -0.270. The molecule has 0 saturated heterocycles. The third-order valence-corrected chi connectivity index (χ3v) is 3.36. The summed E-state index contributed by atoms with van der Waals surface area (Å²) < 4.78 is 50.1. The fourth-order valence-corrected chi connectivity index (χ4v) is 2.11. The highest BCUT2D eigenvalue weighted by Gasteiger charge is 2.09. The SMILES string of the molecule is CNC(CCCS(C)(=O)=O)CCOCC(F)F. The zero-order chi connectivity index (χ0) is 13.3. The number of alkyl halides is 2. The van der Waals surface area contributed by atoms with Crippen molar-refractivity contribution in [2.24, 2.45) is 0 Å². The van der Waals surface area contributed by atoms with Crippen LogP contribution in [0.15, 0.2) is 0 Å². The van der Waals surface area contributed by atoms with Crippen LogP contribution in [-0.4, -0.2) is 53.2 Å². The van der Waals surface area contributed by atoms with E-state index in [0.29, 0.717) is 19.3 Å². The van der Waals surface area contributed by atoms with Crippen molar-refractivity contribution in [3.05, 3.63) is 0 Å². The van der Waals surface area contributed by atoms with E-state index >= 15 is 0 Å². The first-order chi connectivity index (χ1) is 7.85. The molecule has 0 heterocycles. The fourth-order valence-electron chi connectivity index (χ4n) is 1.42. The summed E-state index contributed by atoms with van der Waals surface area (Å²) in [4.78, 5) is 0. The Balaban J connectivity index is 3.63. The maximum Gasteiger partial charge on any atom is 0.261 e. The molecule has 104 valence electrons. The normalized spacial score (nSPS) is 14.2. The lowest BCUT2D eigenvalue weighted by atomic mass is 10.1. The van der Waals surface area contributed by atoms with E-state index in [0.717, 1.165) is 0 Å². The first-order valence-electron chi connectivity index (χ1n) is 5.56. The molecule has 0 fully saturated rings. The van der Waals surface area contributed by atoms with Crippen molar-refractivity contribution in [3.63, 3.8) is 0 Å². The van der Waals surface area contributed by atoms with E-state index in [4.69, 9.17) is 4.74 Å². The quantitative estimate of drug-likeness (QED) is 0.605. The van der Waals surface area contributed by atoms with E-state index in [9.17, 15) is 17.2 Å². The topological polar surface area (TPSA) is 55.4 Å². The summed E-state index contributed by atoms with van der Waals surface area (Å²) >= 11 is 0. The average Bonchev–Trinajstić information content (AvgIpc) is 2.19. The number of ether oxygens (including phenoxy) is 1. The van der Waals surface area contributed by atoms with E-state index < -0.39 is 22.9 Å². The van der Waals surface area contributed by atoms with Crippen LogP contribution in [-0.2, 0) is 14.6 Å². The van der Waals surface area contributed by atoms with Gasteiger partial charge in [0, 0.05) is 24.7 Å². The van der Waals surface area contributed by atoms with Crippen LogP contribution in [0.25, 0.3) is 0 Å². The summed E-state index contributed by atoms with van der Waals surface area (Å²) in [7, 11) is -1.16. The van der Waals surface area contributed by atoms with Gasteiger partial charge in [-0.3, -0.25) is 0 Å². The third-order valence-electron chi connectivity index (χ3n) is 2.33. The first kappa shape index (κ1) is 16.7. The minimum Gasteiger partial charge on any atom is -0.375 e. The van der Waals surface area contributed by atoms with Crippen molar-refractivity contribution in [1.29, 1.82) is 0 Å². The van der Waals surface area contributed by atoms with Gasteiger partial charge in [-0.1, -0.05) is 0 Å². The monoisotopic (exact) mass is 273 g/mol. The molecule has 1 atom stereocenters. The van der Waals surface area contributed by atoms with Crippen LogP contribution in [0.3, 0.4) is 0 Å². The molecule has 0 amide bonds. The molecule has 0 aromatic rings. The van der Waals surface area contributed by atoms with E-state index in [1.165, 1.54) is 6.26 Å². The molecular weight excluding hydrogens is 252 g/mol. The maximum atomic E-state index is 11.8. The summed E-state index contributed by atoms with van der Waals surface area (Å²) in [5.41, 5.74) is 0. The van der Waals surface area contributed by atoms with E-state index in [-0.39, 0.29) is 18.4 Å². The molecular formula is C10H21F2NO3S. The van der Waals surface area contributed by atoms with Crippen molar-refractivity contribution >= 4 is 9.84 Å². The molecule has 17 heavy (non-hydrogen) atoms. The molecule has 0 rings (SSSR count). The molecule has 4 nitrogen and oxygen atoms in total. The van der Waals surface area contributed by atoms with Gasteiger partial charge in [0.25, 0.3) is 6.43 Å². The van der Waals surface area contributed by atoms with Gasteiger partial charge in [-0.25, -0.2) is 17.2 Å². The Kier molecular flexibility index (Phi) is 8.63. The van der Waals surface area contributed by atoms with Gasteiger partial charge in [-0.2, -0.15) is 0 Å². The average molecular weight is 273 g/mol. The standard InChI is InChI=1S/C10H21F2NO3S/c1-13-9(4-3-7-17(2,14)15)5-6-16-8-10(11)12/h9-10,13H,3-8H2,1-2H3. The van der Waals surface area contributed by atoms with Crippen molar-refractivity contribution in [2.45, 2.75) is 31.7 Å². The van der Waals surface area contributed by atoms with Gasteiger partial charge in [-0.15, -0.1) is 0 Å². The fraction of sp³-hybridized carbons (Fsp3) is 1.00. The molecule has 0 bridgehead atoms. The predicted molar refractivity (Wildman–Crippen MR) is 63.2 cm³/mol. The zero-order valence-corrected chi connectivity index (χ0v) is 11.1. The van der Waals surface area contributed by atoms with Crippen LogP contribution in [0.5, 0.6) is 0 Å².